The van der Waals surface area contributed by atoms with E-state index in [2.05, 4.69) is 47.5 Å². The van der Waals surface area contributed by atoms with Gasteiger partial charge >= 0.3 is 0 Å². The van der Waals surface area contributed by atoms with Gasteiger partial charge in [0.2, 0.25) is 11.8 Å². The normalized spacial score (nSPS) is 21.0. The van der Waals surface area contributed by atoms with Crippen molar-refractivity contribution >= 4 is 23.2 Å². The van der Waals surface area contributed by atoms with E-state index < -0.39 is 0 Å². The number of piperazine rings is 1. The van der Waals surface area contributed by atoms with Crippen LogP contribution in [0.25, 0.3) is 0 Å². The van der Waals surface area contributed by atoms with Gasteiger partial charge in [-0.2, -0.15) is 0 Å². The number of carbonyl (C=O) groups excluding carboxylic acids is 2. The SMILES string of the molecule is CC(=O)N1CCN(C(=O)C(C)N2CCc3sccc3C2c2ccccc2C)CC1. The Kier molecular flexibility index (Phi) is 5.74. The van der Waals surface area contributed by atoms with Gasteiger partial charge in [-0.1, -0.05) is 24.3 Å². The molecule has 6 heteroatoms. The summed E-state index contributed by atoms with van der Waals surface area (Å²) in [5, 5.41) is 2.17. The molecule has 0 radical (unpaired) electrons. The quantitative estimate of drug-likeness (QED) is 0.780. The minimum Gasteiger partial charge on any atom is -0.339 e. The highest BCUT2D eigenvalue weighted by Crippen LogP contribution is 2.40. The highest BCUT2D eigenvalue weighted by molar-refractivity contribution is 7.10. The molecule has 2 unspecified atom stereocenters. The van der Waals surface area contributed by atoms with Crippen LogP contribution in [-0.2, 0) is 16.0 Å². The molecule has 0 N–H and O–H groups in total. The van der Waals surface area contributed by atoms with Crippen LogP contribution in [0.5, 0.6) is 0 Å². The molecule has 0 spiro atoms. The molecule has 1 fully saturated rings. The molecule has 4 rings (SSSR count). The maximum Gasteiger partial charge on any atom is 0.239 e. The number of hydrogen-bond acceptors (Lipinski definition) is 4. The molecule has 29 heavy (non-hydrogen) atoms. The third-order valence-electron chi connectivity index (χ3n) is 6.38. The second-order valence-electron chi connectivity index (χ2n) is 8.05. The Balaban J connectivity index is 1.58. The van der Waals surface area contributed by atoms with Crippen molar-refractivity contribution in [1.29, 1.82) is 0 Å². The number of fused-ring (bicyclic) bond motifs is 1. The smallest absolute Gasteiger partial charge is 0.239 e. The van der Waals surface area contributed by atoms with Crippen molar-refractivity contribution < 1.29 is 9.59 Å². The minimum absolute atomic E-state index is 0.0887. The van der Waals surface area contributed by atoms with E-state index in [1.54, 1.807) is 6.92 Å². The van der Waals surface area contributed by atoms with Crippen LogP contribution in [0.3, 0.4) is 0 Å². The number of hydrogen-bond donors (Lipinski definition) is 0. The fourth-order valence-electron chi connectivity index (χ4n) is 4.64. The Morgan fingerprint density at radius 2 is 1.69 bits per heavy atom. The summed E-state index contributed by atoms with van der Waals surface area (Å²) in [6.45, 7) is 9.17. The van der Waals surface area contributed by atoms with Crippen molar-refractivity contribution in [3.8, 4) is 0 Å². The number of amides is 2. The van der Waals surface area contributed by atoms with Crippen molar-refractivity contribution in [1.82, 2.24) is 14.7 Å². The molecule has 2 amide bonds. The molecule has 3 heterocycles. The van der Waals surface area contributed by atoms with Crippen LogP contribution in [0.2, 0.25) is 0 Å². The topological polar surface area (TPSA) is 43.9 Å². The fraction of sp³-hybridized carbons (Fsp3) is 0.478. The van der Waals surface area contributed by atoms with Gasteiger partial charge in [0.15, 0.2) is 0 Å². The summed E-state index contributed by atoms with van der Waals surface area (Å²) in [5.74, 6) is 0.260. The first-order valence-electron chi connectivity index (χ1n) is 10.4. The van der Waals surface area contributed by atoms with Crippen molar-refractivity contribution in [2.24, 2.45) is 0 Å². The summed E-state index contributed by atoms with van der Waals surface area (Å²) >= 11 is 1.82. The first-order valence-corrected chi connectivity index (χ1v) is 11.3. The molecule has 5 nitrogen and oxygen atoms in total. The number of rotatable bonds is 3. The van der Waals surface area contributed by atoms with Gasteiger partial charge < -0.3 is 9.80 Å². The number of carbonyl (C=O) groups is 2. The van der Waals surface area contributed by atoms with E-state index >= 15 is 0 Å². The van der Waals surface area contributed by atoms with Gasteiger partial charge in [0.25, 0.3) is 0 Å². The second-order valence-corrected chi connectivity index (χ2v) is 9.05. The van der Waals surface area contributed by atoms with E-state index in [0.717, 1.165) is 13.0 Å². The van der Waals surface area contributed by atoms with Crippen LogP contribution in [0.4, 0.5) is 0 Å². The molecule has 2 atom stereocenters. The summed E-state index contributed by atoms with van der Waals surface area (Å²) in [7, 11) is 0. The number of benzene rings is 1. The fourth-order valence-corrected chi connectivity index (χ4v) is 5.54. The molecule has 0 saturated carbocycles. The van der Waals surface area contributed by atoms with E-state index in [1.807, 2.05) is 28.1 Å². The number of thiophene rings is 1. The van der Waals surface area contributed by atoms with Crippen LogP contribution in [0.1, 0.15) is 41.5 Å². The lowest BCUT2D eigenvalue weighted by molar-refractivity contribution is -0.142. The van der Waals surface area contributed by atoms with Gasteiger partial charge in [-0.05, 0) is 48.4 Å². The Hall–Kier alpha value is -2.18. The largest absolute Gasteiger partial charge is 0.339 e. The van der Waals surface area contributed by atoms with Crippen LogP contribution < -0.4 is 0 Å². The molecule has 0 bridgehead atoms. The van der Waals surface area contributed by atoms with Crippen molar-refractivity contribution in [3.63, 3.8) is 0 Å². The zero-order chi connectivity index (χ0) is 20.5. The zero-order valence-corrected chi connectivity index (χ0v) is 18.2. The first-order chi connectivity index (χ1) is 14.0. The van der Waals surface area contributed by atoms with E-state index in [1.165, 1.54) is 21.6 Å². The molecule has 2 aromatic rings. The Morgan fingerprint density at radius 1 is 1.00 bits per heavy atom. The summed E-state index contributed by atoms with van der Waals surface area (Å²) in [5.41, 5.74) is 3.89. The van der Waals surface area contributed by atoms with Crippen LogP contribution in [0.15, 0.2) is 35.7 Å². The second kappa shape index (κ2) is 8.28. The third kappa shape index (κ3) is 3.83. The maximum absolute atomic E-state index is 13.4. The lowest BCUT2D eigenvalue weighted by atomic mass is 9.89. The van der Waals surface area contributed by atoms with Crippen LogP contribution >= 0.6 is 11.3 Å². The van der Waals surface area contributed by atoms with E-state index in [4.69, 9.17) is 0 Å². The van der Waals surface area contributed by atoms with E-state index in [0.29, 0.717) is 26.2 Å². The van der Waals surface area contributed by atoms with Gasteiger partial charge in [0.05, 0.1) is 12.1 Å². The molecule has 2 aliphatic heterocycles. The molecular formula is C23H29N3O2S. The lowest BCUT2D eigenvalue weighted by Gasteiger charge is -2.43. The van der Waals surface area contributed by atoms with Crippen LogP contribution in [-0.4, -0.2) is 65.3 Å². The van der Waals surface area contributed by atoms with E-state index in [-0.39, 0.29) is 23.9 Å². The first kappa shape index (κ1) is 20.1. The van der Waals surface area contributed by atoms with Gasteiger partial charge in [0, 0.05) is 44.5 Å². The van der Waals surface area contributed by atoms with E-state index in [9.17, 15) is 9.59 Å². The molecule has 1 saturated heterocycles. The Morgan fingerprint density at radius 3 is 2.38 bits per heavy atom. The summed E-state index contributed by atoms with van der Waals surface area (Å²) in [4.78, 5) is 32.5. The lowest BCUT2D eigenvalue weighted by Crippen LogP contribution is -2.56. The van der Waals surface area contributed by atoms with Crippen LogP contribution in [0, 0.1) is 6.92 Å². The number of nitrogens with zero attached hydrogens (tertiary/aromatic N) is 3. The van der Waals surface area contributed by atoms with Crippen molar-refractivity contribution in [2.45, 2.75) is 39.3 Å². The third-order valence-corrected chi connectivity index (χ3v) is 7.37. The summed E-state index contributed by atoms with van der Waals surface area (Å²) in [6.07, 6.45) is 0.991. The minimum atomic E-state index is -0.198. The Bertz CT molecular complexity index is 901. The molecule has 2 aliphatic rings. The number of aryl methyl sites for hydroxylation is 1. The predicted molar refractivity (Wildman–Crippen MR) is 116 cm³/mol. The molecule has 0 aliphatic carbocycles. The highest BCUT2D eigenvalue weighted by Gasteiger charge is 2.37. The predicted octanol–water partition coefficient (Wildman–Crippen LogP) is 3.08. The Labute approximate surface area is 176 Å². The molecular weight excluding hydrogens is 382 g/mol. The average Bonchev–Trinajstić information content (AvgIpc) is 3.21. The summed E-state index contributed by atoms with van der Waals surface area (Å²) in [6, 6.07) is 10.7. The highest BCUT2D eigenvalue weighted by atomic mass is 32.1. The van der Waals surface area contributed by atoms with Crippen molar-refractivity contribution in [2.75, 3.05) is 32.7 Å². The molecule has 1 aromatic carbocycles. The zero-order valence-electron chi connectivity index (χ0n) is 17.4. The molecule has 154 valence electrons. The van der Waals surface area contributed by atoms with Gasteiger partial charge in [-0.3, -0.25) is 14.5 Å². The maximum atomic E-state index is 13.4. The standard InChI is InChI=1S/C23H29N3O2S/c1-16-6-4-5-7-19(16)22-20-9-15-29-21(20)8-10-26(22)17(2)23(28)25-13-11-24(12-14-25)18(3)27/h4-7,9,15,17,22H,8,10-14H2,1-3H3. The van der Waals surface area contributed by atoms with Gasteiger partial charge in [0.1, 0.15) is 0 Å². The monoisotopic (exact) mass is 411 g/mol. The van der Waals surface area contributed by atoms with Crippen molar-refractivity contribution in [3.05, 3.63) is 57.3 Å². The van der Waals surface area contributed by atoms with Gasteiger partial charge in [-0.15, -0.1) is 11.3 Å². The van der Waals surface area contributed by atoms with Gasteiger partial charge in [-0.25, -0.2) is 0 Å². The molecule has 1 aromatic heterocycles. The summed E-state index contributed by atoms with van der Waals surface area (Å²) < 4.78 is 0. The average molecular weight is 412 g/mol.